The molecule has 0 bridgehead atoms. The van der Waals surface area contributed by atoms with Gasteiger partial charge in [-0.25, -0.2) is 0 Å². The number of para-hydroxylation sites is 2. The van der Waals surface area contributed by atoms with Crippen LogP contribution in [0.4, 0.5) is 5.69 Å². The Kier molecular flexibility index (Phi) is 4.56. The second-order valence-corrected chi connectivity index (χ2v) is 7.49. The van der Waals surface area contributed by atoms with Crippen LogP contribution >= 0.6 is 0 Å². The fraction of sp³-hybridized carbons (Fsp3) is 0.381. The monoisotopic (exact) mass is 365 g/mol. The molecule has 2 aromatic rings. The summed E-state index contributed by atoms with van der Waals surface area (Å²) in [5, 5.41) is 2.95. The smallest absolute Gasteiger partial charge is 0.247 e. The van der Waals surface area contributed by atoms with Crippen molar-refractivity contribution in [3.05, 3.63) is 48.8 Å². The minimum atomic E-state index is -0.415. The highest BCUT2D eigenvalue weighted by atomic mass is 16.5. The molecule has 0 radical (unpaired) electrons. The van der Waals surface area contributed by atoms with Crippen LogP contribution in [0.25, 0.3) is 0 Å². The first-order valence-electron chi connectivity index (χ1n) is 9.36. The number of hydrogen-bond donors (Lipinski definition) is 1. The summed E-state index contributed by atoms with van der Waals surface area (Å²) < 4.78 is 5.85. The normalized spacial score (nSPS) is 20.2. The number of hydrogen-bond acceptors (Lipinski definition) is 4. The Morgan fingerprint density at radius 2 is 2.04 bits per heavy atom. The Labute approximate surface area is 158 Å². The highest BCUT2D eigenvalue weighted by Crippen LogP contribution is 2.47. The number of aromatic nitrogens is 1. The van der Waals surface area contributed by atoms with Gasteiger partial charge in [-0.3, -0.25) is 14.6 Å². The molecule has 1 aliphatic carbocycles. The number of ether oxygens (including phenoxy) is 1. The lowest BCUT2D eigenvalue weighted by Gasteiger charge is -2.27. The maximum Gasteiger partial charge on any atom is 0.247 e. The summed E-state index contributed by atoms with van der Waals surface area (Å²) >= 11 is 0. The molecule has 1 N–H and O–H groups in total. The Bertz CT molecular complexity index is 849. The quantitative estimate of drug-likeness (QED) is 0.879. The van der Waals surface area contributed by atoms with Crippen molar-refractivity contribution in [1.29, 1.82) is 0 Å². The largest absolute Gasteiger partial charge is 0.454 e. The second-order valence-electron chi connectivity index (χ2n) is 7.49. The van der Waals surface area contributed by atoms with Gasteiger partial charge >= 0.3 is 0 Å². The molecule has 6 heteroatoms. The van der Waals surface area contributed by atoms with Crippen LogP contribution in [0.3, 0.4) is 0 Å². The lowest BCUT2D eigenvalue weighted by Crippen LogP contribution is -2.45. The number of nitrogens with one attached hydrogen (secondary N) is 1. The molecular formula is C21H23N3O3. The maximum atomic E-state index is 12.9. The summed E-state index contributed by atoms with van der Waals surface area (Å²) in [6.07, 6.45) is 6.67. The molecule has 1 atom stereocenters. The van der Waals surface area contributed by atoms with Crippen molar-refractivity contribution >= 4 is 17.5 Å². The first-order valence-corrected chi connectivity index (χ1v) is 9.36. The molecule has 1 saturated heterocycles. The third kappa shape index (κ3) is 3.65. The van der Waals surface area contributed by atoms with Gasteiger partial charge in [-0.05, 0) is 49.9 Å². The number of pyridine rings is 1. The topological polar surface area (TPSA) is 71.5 Å². The number of anilines is 1. The summed E-state index contributed by atoms with van der Waals surface area (Å²) in [5.41, 5.74) is 0.327. The van der Waals surface area contributed by atoms with Gasteiger partial charge in [-0.1, -0.05) is 19.1 Å². The van der Waals surface area contributed by atoms with E-state index in [9.17, 15) is 9.59 Å². The molecule has 1 saturated carbocycles. The van der Waals surface area contributed by atoms with E-state index in [1.807, 2.05) is 19.1 Å². The molecule has 27 heavy (non-hydrogen) atoms. The zero-order chi connectivity index (χ0) is 18.9. The van der Waals surface area contributed by atoms with E-state index < -0.39 is 6.04 Å². The van der Waals surface area contributed by atoms with Gasteiger partial charge in [0.05, 0.1) is 11.9 Å². The fourth-order valence-electron chi connectivity index (χ4n) is 3.44. The minimum absolute atomic E-state index is 0.111. The summed E-state index contributed by atoms with van der Waals surface area (Å²) in [5.74, 6) is 1.09. The van der Waals surface area contributed by atoms with E-state index in [-0.39, 0.29) is 17.2 Å². The molecule has 1 unspecified atom stereocenters. The molecule has 1 aliphatic heterocycles. The van der Waals surface area contributed by atoms with Crippen molar-refractivity contribution in [2.75, 3.05) is 11.9 Å². The highest BCUT2D eigenvalue weighted by Gasteiger charge is 2.50. The molecule has 2 heterocycles. The predicted molar refractivity (Wildman–Crippen MR) is 101 cm³/mol. The molecule has 2 aliphatic rings. The van der Waals surface area contributed by atoms with Gasteiger partial charge in [-0.15, -0.1) is 0 Å². The molecule has 0 spiro atoms. The van der Waals surface area contributed by atoms with E-state index in [1.54, 1.807) is 41.6 Å². The zero-order valence-corrected chi connectivity index (χ0v) is 15.4. The molecule has 4 rings (SSSR count). The summed E-state index contributed by atoms with van der Waals surface area (Å²) in [7, 11) is 0. The second kappa shape index (κ2) is 7.02. The molecule has 2 amide bonds. The van der Waals surface area contributed by atoms with Gasteiger partial charge in [0.1, 0.15) is 11.8 Å². The third-order valence-corrected chi connectivity index (χ3v) is 5.34. The van der Waals surface area contributed by atoms with E-state index >= 15 is 0 Å². The molecule has 1 aromatic carbocycles. The average Bonchev–Trinajstić information content (AvgIpc) is 3.25. The average molecular weight is 365 g/mol. The van der Waals surface area contributed by atoms with Crippen molar-refractivity contribution in [3.8, 4) is 11.5 Å². The predicted octanol–water partition coefficient (Wildman–Crippen LogP) is 3.60. The number of nitrogens with zero attached hydrogens (tertiary/aromatic N) is 2. The van der Waals surface area contributed by atoms with E-state index in [2.05, 4.69) is 10.3 Å². The third-order valence-electron chi connectivity index (χ3n) is 5.34. The Morgan fingerprint density at radius 1 is 1.22 bits per heavy atom. The standard InChI is InChI=1S/C21H23N3O3/c1-21(10-11-21)20(26)24-13-5-8-17(24)19(25)23-16-7-2-3-9-18(16)27-15-6-4-12-22-14-15/h2-4,6-7,9,12,14,17H,5,8,10-11,13H2,1H3,(H,23,25). The molecular weight excluding hydrogens is 342 g/mol. The Morgan fingerprint density at radius 3 is 2.78 bits per heavy atom. The van der Waals surface area contributed by atoms with Crippen molar-refractivity contribution in [2.24, 2.45) is 5.41 Å². The van der Waals surface area contributed by atoms with Gasteiger partial charge in [-0.2, -0.15) is 0 Å². The number of carbonyl (C=O) groups is 2. The highest BCUT2D eigenvalue weighted by molar-refractivity contribution is 5.99. The van der Waals surface area contributed by atoms with E-state index in [1.165, 1.54) is 0 Å². The summed E-state index contributed by atoms with van der Waals surface area (Å²) in [4.78, 5) is 31.4. The van der Waals surface area contributed by atoms with E-state index in [4.69, 9.17) is 4.74 Å². The number of amides is 2. The molecule has 2 fully saturated rings. The van der Waals surface area contributed by atoms with Crippen LogP contribution in [0.15, 0.2) is 48.8 Å². The number of carbonyl (C=O) groups excluding carboxylic acids is 2. The fourth-order valence-corrected chi connectivity index (χ4v) is 3.44. The van der Waals surface area contributed by atoms with E-state index in [0.29, 0.717) is 30.2 Å². The van der Waals surface area contributed by atoms with Gasteiger partial charge in [0, 0.05) is 18.2 Å². The SMILES string of the molecule is CC1(C(=O)N2CCCC2C(=O)Nc2ccccc2Oc2cccnc2)CC1. The number of likely N-dealkylation sites (tertiary alicyclic amines) is 1. The minimum Gasteiger partial charge on any atom is -0.454 e. The summed E-state index contributed by atoms with van der Waals surface area (Å²) in [6.45, 7) is 2.64. The maximum absolute atomic E-state index is 12.9. The molecule has 1 aromatic heterocycles. The molecule has 6 nitrogen and oxygen atoms in total. The first kappa shape index (κ1) is 17.5. The van der Waals surface area contributed by atoms with Gasteiger partial charge < -0.3 is 15.0 Å². The molecule has 140 valence electrons. The van der Waals surface area contributed by atoms with Crippen molar-refractivity contribution < 1.29 is 14.3 Å². The van der Waals surface area contributed by atoms with Crippen LogP contribution in [0, 0.1) is 5.41 Å². The lowest BCUT2D eigenvalue weighted by atomic mass is 10.1. The van der Waals surface area contributed by atoms with Crippen LogP contribution in [-0.2, 0) is 9.59 Å². The van der Waals surface area contributed by atoms with Crippen LogP contribution in [-0.4, -0.2) is 34.3 Å². The van der Waals surface area contributed by atoms with Crippen molar-refractivity contribution in [2.45, 2.75) is 38.6 Å². The Hall–Kier alpha value is -2.89. The van der Waals surface area contributed by atoms with Gasteiger partial charge in [0.15, 0.2) is 5.75 Å². The van der Waals surface area contributed by atoms with Crippen molar-refractivity contribution in [3.63, 3.8) is 0 Å². The lowest BCUT2D eigenvalue weighted by molar-refractivity contribution is -0.140. The Balaban J connectivity index is 1.49. The van der Waals surface area contributed by atoms with Crippen LogP contribution in [0.1, 0.15) is 32.6 Å². The number of benzene rings is 1. The summed E-state index contributed by atoms with van der Waals surface area (Å²) in [6, 6.07) is 10.5. The zero-order valence-electron chi connectivity index (χ0n) is 15.4. The van der Waals surface area contributed by atoms with E-state index in [0.717, 1.165) is 19.3 Å². The van der Waals surface area contributed by atoms with Gasteiger partial charge in [0.2, 0.25) is 11.8 Å². The van der Waals surface area contributed by atoms with Gasteiger partial charge in [0.25, 0.3) is 0 Å². The first-order chi connectivity index (χ1) is 13.1. The number of rotatable bonds is 5. The van der Waals surface area contributed by atoms with Crippen LogP contribution in [0.5, 0.6) is 11.5 Å². The van der Waals surface area contributed by atoms with Crippen LogP contribution in [0.2, 0.25) is 0 Å². The van der Waals surface area contributed by atoms with Crippen LogP contribution < -0.4 is 10.1 Å². The van der Waals surface area contributed by atoms with Crippen molar-refractivity contribution in [1.82, 2.24) is 9.88 Å².